The molecule has 0 radical (unpaired) electrons. The number of rotatable bonds is 3. The minimum Gasteiger partial charge on any atom is -0.497 e. The Labute approximate surface area is 112 Å². The Bertz CT molecular complexity index is 394. The molecule has 94 valence electrons. The first kappa shape index (κ1) is 12.9. The third kappa shape index (κ3) is 2.66. The summed E-state index contributed by atoms with van der Waals surface area (Å²) in [4.78, 5) is 0. The van der Waals surface area contributed by atoms with Gasteiger partial charge in [-0.2, -0.15) is 0 Å². The van der Waals surface area contributed by atoms with Crippen molar-refractivity contribution in [2.24, 2.45) is 0 Å². The van der Waals surface area contributed by atoms with Crippen LogP contribution in [0.3, 0.4) is 0 Å². The summed E-state index contributed by atoms with van der Waals surface area (Å²) >= 11 is 3.66. The van der Waals surface area contributed by atoms with Crippen molar-refractivity contribution in [2.45, 2.75) is 44.7 Å². The van der Waals surface area contributed by atoms with Gasteiger partial charge in [0.1, 0.15) is 5.75 Å². The van der Waals surface area contributed by atoms with E-state index in [4.69, 9.17) is 4.74 Å². The maximum absolute atomic E-state index is 5.32. The van der Waals surface area contributed by atoms with Crippen LogP contribution in [0.5, 0.6) is 5.75 Å². The van der Waals surface area contributed by atoms with E-state index < -0.39 is 0 Å². The van der Waals surface area contributed by atoms with E-state index in [-0.39, 0.29) is 0 Å². The van der Waals surface area contributed by atoms with Crippen LogP contribution in [0.15, 0.2) is 22.7 Å². The molecular weight excluding hydrogens is 278 g/mol. The van der Waals surface area contributed by atoms with E-state index in [1.807, 2.05) is 6.07 Å². The van der Waals surface area contributed by atoms with E-state index in [2.05, 4.69) is 47.2 Å². The number of hydrogen-bond donors (Lipinski definition) is 1. The number of halogens is 1. The van der Waals surface area contributed by atoms with Crippen LogP contribution < -0.4 is 10.1 Å². The molecule has 1 aliphatic heterocycles. The van der Waals surface area contributed by atoms with Gasteiger partial charge in [-0.25, -0.2) is 0 Å². The highest BCUT2D eigenvalue weighted by Gasteiger charge is 2.32. The lowest BCUT2D eigenvalue weighted by molar-refractivity contribution is 0.413. The van der Waals surface area contributed by atoms with E-state index in [0.717, 1.165) is 5.75 Å². The van der Waals surface area contributed by atoms with Gasteiger partial charge in [-0.05, 0) is 43.5 Å². The first-order chi connectivity index (χ1) is 8.15. The first-order valence-corrected chi connectivity index (χ1v) is 7.04. The summed E-state index contributed by atoms with van der Waals surface area (Å²) in [7, 11) is 1.72. The molecule has 0 aromatic heterocycles. The molecule has 0 aliphatic carbocycles. The summed E-state index contributed by atoms with van der Waals surface area (Å²) in [6.45, 7) is 4.51. The van der Waals surface area contributed by atoms with E-state index in [1.165, 1.54) is 22.9 Å². The van der Waals surface area contributed by atoms with Gasteiger partial charge in [-0.3, -0.25) is 0 Å². The van der Waals surface area contributed by atoms with Crippen molar-refractivity contribution >= 4 is 15.9 Å². The van der Waals surface area contributed by atoms with Crippen molar-refractivity contribution in [3.63, 3.8) is 0 Å². The molecule has 0 saturated carbocycles. The van der Waals surface area contributed by atoms with Crippen LogP contribution in [0.2, 0.25) is 0 Å². The SMILES string of the molecule is CCC1NC(C)CC1c1cc(OC)ccc1Br. The normalized spacial score (nSPS) is 28.4. The summed E-state index contributed by atoms with van der Waals surface area (Å²) in [6, 6.07) is 7.43. The van der Waals surface area contributed by atoms with Crippen LogP contribution in [-0.4, -0.2) is 19.2 Å². The molecule has 1 aromatic carbocycles. The summed E-state index contributed by atoms with van der Waals surface area (Å²) < 4.78 is 6.52. The molecule has 17 heavy (non-hydrogen) atoms. The fourth-order valence-corrected chi connectivity index (χ4v) is 3.31. The highest BCUT2D eigenvalue weighted by molar-refractivity contribution is 9.10. The van der Waals surface area contributed by atoms with Gasteiger partial charge in [0.15, 0.2) is 0 Å². The predicted octanol–water partition coefficient (Wildman–Crippen LogP) is 3.70. The second kappa shape index (κ2) is 5.40. The molecule has 2 rings (SSSR count). The summed E-state index contributed by atoms with van der Waals surface area (Å²) in [5.74, 6) is 1.53. The molecule has 3 unspecified atom stereocenters. The molecule has 3 heteroatoms. The van der Waals surface area contributed by atoms with Crippen LogP contribution >= 0.6 is 15.9 Å². The fourth-order valence-electron chi connectivity index (χ4n) is 2.77. The van der Waals surface area contributed by atoms with Crippen molar-refractivity contribution < 1.29 is 4.74 Å². The maximum atomic E-state index is 5.32. The average Bonchev–Trinajstić information content (AvgIpc) is 2.71. The zero-order valence-electron chi connectivity index (χ0n) is 10.7. The Morgan fingerprint density at radius 2 is 2.24 bits per heavy atom. The van der Waals surface area contributed by atoms with Crippen LogP contribution in [0.4, 0.5) is 0 Å². The van der Waals surface area contributed by atoms with Crippen molar-refractivity contribution in [1.29, 1.82) is 0 Å². The Morgan fingerprint density at radius 3 is 2.88 bits per heavy atom. The Hall–Kier alpha value is -0.540. The Balaban J connectivity index is 2.32. The van der Waals surface area contributed by atoms with E-state index in [1.54, 1.807) is 7.11 Å². The molecule has 0 amide bonds. The average molecular weight is 298 g/mol. The summed E-state index contributed by atoms with van der Waals surface area (Å²) in [5.41, 5.74) is 1.37. The number of hydrogen-bond acceptors (Lipinski definition) is 2. The lowest BCUT2D eigenvalue weighted by Gasteiger charge is -2.20. The third-order valence-electron chi connectivity index (χ3n) is 3.63. The third-order valence-corrected chi connectivity index (χ3v) is 4.36. The van der Waals surface area contributed by atoms with Gasteiger partial charge in [0, 0.05) is 22.5 Å². The van der Waals surface area contributed by atoms with Crippen LogP contribution in [0.25, 0.3) is 0 Å². The van der Waals surface area contributed by atoms with Gasteiger partial charge in [0.2, 0.25) is 0 Å². The Morgan fingerprint density at radius 1 is 1.47 bits per heavy atom. The quantitative estimate of drug-likeness (QED) is 0.918. The zero-order valence-corrected chi connectivity index (χ0v) is 12.3. The molecule has 1 fully saturated rings. The fraction of sp³-hybridized carbons (Fsp3) is 0.571. The number of ether oxygens (including phenoxy) is 1. The number of nitrogens with one attached hydrogen (secondary N) is 1. The van der Waals surface area contributed by atoms with Crippen LogP contribution in [0.1, 0.15) is 38.2 Å². The molecule has 1 heterocycles. The monoisotopic (exact) mass is 297 g/mol. The van der Waals surface area contributed by atoms with Gasteiger partial charge in [0.25, 0.3) is 0 Å². The van der Waals surface area contributed by atoms with Crippen molar-refractivity contribution in [1.82, 2.24) is 5.32 Å². The minimum absolute atomic E-state index is 0.577. The first-order valence-electron chi connectivity index (χ1n) is 6.25. The molecule has 1 N–H and O–H groups in total. The number of benzene rings is 1. The van der Waals surface area contributed by atoms with Crippen molar-refractivity contribution in [2.75, 3.05) is 7.11 Å². The molecule has 0 spiro atoms. The molecule has 0 bridgehead atoms. The smallest absolute Gasteiger partial charge is 0.119 e. The predicted molar refractivity (Wildman–Crippen MR) is 74.7 cm³/mol. The molecular formula is C14H20BrNO. The van der Waals surface area contributed by atoms with Gasteiger partial charge in [-0.1, -0.05) is 22.9 Å². The molecule has 2 nitrogen and oxygen atoms in total. The topological polar surface area (TPSA) is 21.3 Å². The standard InChI is InChI=1S/C14H20BrNO/c1-4-14-12(7-9(2)16-14)11-8-10(17-3)5-6-13(11)15/h5-6,8-9,12,14,16H,4,7H2,1-3H3. The second-order valence-electron chi connectivity index (χ2n) is 4.81. The highest BCUT2D eigenvalue weighted by atomic mass is 79.9. The van der Waals surface area contributed by atoms with Gasteiger partial charge in [-0.15, -0.1) is 0 Å². The highest BCUT2D eigenvalue weighted by Crippen LogP contribution is 2.37. The van der Waals surface area contributed by atoms with E-state index >= 15 is 0 Å². The van der Waals surface area contributed by atoms with E-state index in [0.29, 0.717) is 18.0 Å². The summed E-state index contributed by atoms with van der Waals surface area (Å²) in [5, 5.41) is 3.66. The maximum Gasteiger partial charge on any atom is 0.119 e. The minimum atomic E-state index is 0.577. The molecule has 1 aromatic rings. The van der Waals surface area contributed by atoms with Gasteiger partial charge >= 0.3 is 0 Å². The Kier molecular flexibility index (Phi) is 4.10. The lowest BCUT2D eigenvalue weighted by Crippen LogP contribution is -2.28. The molecule has 1 saturated heterocycles. The lowest BCUT2D eigenvalue weighted by atomic mass is 9.89. The zero-order chi connectivity index (χ0) is 12.4. The van der Waals surface area contributed by atoms with E-state index in [9.17, 15) is 0 Å². The van der Waals surface area contributed by atoms with Crippen LogP contribution in [0, 0.1) is 0 Å². The van der Waals surface area contributed by atoms with Crippen LogP contribution in [-0.2, 0) is 0 Å². The number of methoxy groups -OCH3 is 1. The molecule has 3 atom stereocenters. The largest absolute Gasteiger partial charge is 0.497 e. The van der Waals surface area contributed by atoms with Gasteiger partial charge < -0.3 is 10.1 Å². The van der Waals surface area contributed by atoms with Gasteiger partial charge in [0.05, 0.1) is 7.11 Å². The van der Waals surface area contributed by atoms with Crippen molar-refractivity contribution in [3.05, 3.63) is 28.2 Å². The second-order valence-corrected chi connectivity index (χ2v) is 5.67. The summed E-state index contributed by atoms with van der Waals surface area (Å²) in [6.07, 6.45) is 2.36. The van der Waals surface area contributed by atoms with Crippen molar-refractivity contribution in [3.8, 4) is 5.75 Å². The molecule has 1 aliphatic rings.